The molecule has 1 heterocycles. The van der Waals surface area contributed by atoms with Gasteiger partial charge in [0.25, 0.3) is 0 Å². The van der Waals surface area contributed by atoms with E-state index in [2.05, 4.69) is 4.98 Å². The summed E-state index contributed by atoms with van der Waals surface area (Å²) in [6.07, 6.45) is 1.04. The smallest absolute Gasteiger partial charge is 0.550 e. The van der Waals surface area contributed by atoms with Crippen LogP contribution in [-0.4, -0.2) is 17.1 Å². The molecule has 0 unspecified atom stereocenters. The number of carbonyl (C=O) groups excluding carboxylic acids is 1. The topological polar surface area (TPSA) is 62.2 Å². The van der Waals surface area contributed by atoms with Crippen LogP contribution in [0.3, 0.4) is 0 Å². The summed E-state index contributed by atoms with van der Waals surface area (Å²) in [4.78, 5) is 14.8. The van der Waals surface area contributed by atoms with Crippen LogP contribution in [0.5, 0.6) is 5.75 Å². The maximum atomic E-state index is 10.6. The molecule has 1 aliphatic carbocycles. The zero-order valence-electron chi connectivity index (χ0n) is 9.96. The average molecular weight is 255 g/mol. The van der Waals surface area contributed by atoms with Gasteiger partial charge in [0.05, 0.1) is 10.2 Å². The number of para-hydroxylation sites is 1. The Morgan fingerprint density at radius 3 is 2.94 bits per heavy atom. The fourth-order valence-electron chi connectivity index (χ4n) is 1.99. The molecule has 1 saturated carbocycles. The number of aromatic nitrogens is 1. The Morgan fingerprint density at radius 2 is 2.22 bits per heavy atom. The van der Waals surface area contributed by atoms with Gasteiger partial charge < -0.3 is 14.6 Å². The first-order valence-corrected chi connectivity index (χ1v) is 6.32. The van der Waals surface area contributed by atoms with Crippen molar-refractivity contribution in [3.63, 3.8) is 0 Å². The number of hydrogen-bond donors (Lipinski definition) is 0. The first kappa shape index (κ1) is 13.4. The fourth-order valence-corrected chi connectivity index (χ4v) is 2.68. The van der Waals surface area contributed by atoms with Gasteiger partial charge in [0.1, 0.15) is 17.4 Å². The molecule has 0 atom stereocenters. The van der Waals surface area contributed by atoms with Gasteiger partial charge in [-0.15, -0.1) is 11.3 Å². The quantitative estimate of drug-likeness (QED) is 0.608. The van der Waals surface area contributed by atoms with Crippen LogP contribution in [0.2, 0.25) is 0 Å². The Bertz CT molecular complexity index is 565. The van der Waals surface area contributed by atoms with Crippen molar-refractivity contribution in [1.29, 1.82) is 0 Å². The molecule has 4 nitrogen and oxygen atoms in total. The van der Waals surface area contributed by atoms with Crippen LogP contribution in [-0.2, 0) is 4.79 Å². The van der Waals surface area contributed by atoms with Gasteiger partial charge in [-0.05, 0) is 25.0 Å². The molecule has 1 aromatic carbocycles. The summed E-state index contributed by atoms with van der Waals surface area (Å²) in [6.45, 7) is 0. The fraction of sp³-hybridized carbons (Fsp3) is 0.333. The number of ether oxygens (including phenoxy) is 1. The second-order valence-electron chi connectivity index (χ2n) is 4.18. The van der Waals surface area contributed by atoms with E-state index in [-0.39, 0.29) is 30.9 Å². The third-order valence-electron chi connectivity index (χ3n) is 3.05. The Morgan fingerprint density at radius 1 is 1.44 bits per heavy atom. The summed E-state index contributed by atoms with van der Waals surface area (Å²) in [5.74, 6) is -0.586. The Balaban J connectivity index is 0.00000120. The number of benzene rings is 1. The summed E-state index contributed by atoms with van der Waals surface area (Å²) < 4.78 is 6.84. The molecule has 0 N–H and O–H groups in total. The number of carboxylic acids is 1. The van der Waals surface area contributed by atoms with Gasteiger partial charge >= 0.3 is 18.9 Å². The molecule has 0 amide bonds. The van der Waals surface area contributed by atoms with E-state index in [4.69, 9.17) is 4.74 Å². The number of rotatable bonds is 3. The van der Waals surface area contributed by atoms with Crippen molar-refractivity contribution >= 4 is 27.5 Å². The van der Waals surface area contributed by atoms with Crippen molar-refractivity contribution < 1.29 is 33.5 Å². The standard InChI is InChI=1S/C12H11NO3S.Li/c14-12(15)7-4-8(5-7)16-9-2-1-3-10-11(9)13-6-17-10;/h1-3,6-8H,4-5H2,(H,14,15);/q;+1/p-1. The summed E-state index contributed by atoms with van der Waals surface area (Å²) >= 11 is 1.56. The number of aliphatic carboxylic acids is 1. The molecule has 0 saturated heterocycles. The maximum Gasteiger partial charge on any atom is 1.00 e. The SMILES string of the molecule is O=C([O-])C1CC(Oc2cccc3scnc23)C1.[Li+]. The molecule has 88 valence electrons. The van der Waals surface area contributed by atoms with Crippen LogP contribution in [0.15, 0.2) is 23.7 Å². The minimum atomic E-state index is -0.975. The minimum absolute atomic E-state index is 0. The monoisotopic (exact) mass is 255 g/mol. The second-order valence-corrected chi connectivity index (χ2v) is 5.07. The van der Waals surface area contributed by atoms with Crippen LogP contribution in [0.4, 0.5) is 0 Å². The third-order valence-corrected chi connectivity index (χ3v) is 3.84. The van der Waals surface area contributed by atoms with E-state index in [1.54, 1.807) is 16.8 Å². The normalized spacial score (nSPS) is 22.0. The van der Waals surface area contributed by atoms with Crippen LogP contribution >= 0.6 is 11.3 Å². The maximum absolute atomic E-state index is 10.6. The van der Waals surface area contributed by atoms with E-state index in [9.17, 15) is 9.90 Å². The van der Waals surface area contributed by atoms with Gasteiger partial charge in [-0.3, -0.25) is 0 Å². The molecule has 0 aliphatic heterocycles. The zero-order chi connectivity index (χ0) is 11.8. The molecule has 6 heteroatoms. The average Bonchev–Trinajstić information content (AvgIpc) is 2.70. The predicted molar refractivity (Wildman–Crippen MR) is 61.8 cm³/mol. The molecular weight excluding hydrogens is 245 g/mol. The van der Waals surface area contributed by atoms with Crippen molar-refractivity contribution in [2.45, 2.75) is 18.9 Å². The molecule has 18 heavy (non-hydrogen) atoms. The Hall–Kier alpha value is -1.02. The van der Waals surface area contributed by atoms with E-state index >= 15 is 0 Å². The van der Waals surface area contributed by atoms with Gasteiger partial charge in [-0.1, -0.05) is 6.07 Å². The molecule has 0 spiro atoms. The molecule has 0 radical (unpaired) electrons. The van der Waals surface area contributed by atoms with E-state index in [0.717, 1.165) is 16.0 Å². The van der Waals surface area contributed by atoms with Crippen molar-refractivity contribution in [3.05, 3.63) is 23.7 Å². The van der Waals surface area contributed by atoms with E-state index in [0.29, 0.717) is 12.8 Å². The summed E-state index contributed by atoms with van der Waals surface area (Å²) in [6, 6.07) is 5.78. The molecule has 3 rings (SSSR count). The number of carbonyl (C=O) groups is 1. The van der Waals surface area contributed by atoms with E-state index < -0.39 is 5.97 Å². The van der Waals surface area contributed by atoms with E-state index in [1.807, 2.05) is 18.2 Å². The Labute approximate surface area is 120 Å². The summed E-state index contributed by atoms with van der Waals surface area (Å²) in [5.41, 5.74) is 2.64. The van der Waals surface area contributed by atoms with Crippen LogP contribution in [0.25, 0.3) is 10.2 Å². The van der Waals surface area contributed by atoms with Gasteiger partial charge in [0.2, 0.25) is 0 Å². The third kappa shape index (κ3) is 2.39. The van der Waals surface area contributed by atoms with Gasteiger partial charge in [0, 0.05) is 11.9 Å². The summed E-state index contributed by atoms with van der Waals surface area (Å²) in [5, 5.41) is 10.6. The number of fused-ring (bicyclic) bond motifs is 1. The number of nitrogens with zero attached hydrogens (tertiary/aromatic N) is 1. The predicted octanol–water partition coefficient (Wildman–Crippen LogP) is -1.79. The van der Waals surface area contributed by atoms with Crippen LogP contribution in [0, 0.1) is 5.92 Å². The largest absolute Gasteiger partial charge is 1.00 e. The molecule has 0 bridgehead atoms. The first-order valence-electron chi connectivity index (χ1n) is 5.44. The van der Waals surface area contributed by atoms with Gasteiger partial charge in [-0.2, -0.15) is 0 Å². The van der Waals surface area contributed by atoms with Crippen LogP contribution in [0.1, 0.15) is 12.8 Å². The van der Waals surface area contributed by atoms with E-state index in [1.165, 1.54) is 0 Å². The van der Waals surface area contributed by atoms with Crippen molar-refractivity contribution in [2.24, 2.45) is 5.92 Å². The summed E-state index contributed by atoms with van der Waals surface area (Å²) in [7, 11) is 0. The van der Waals surface area contributed by atoms with Crippen LogP contribution < -0.4 is 28.7 Å². The van der Waals surface area contributed by atoms with Crippen molar-refractivity contribution in [1.82, 2.24) is 4.98 Å². The van der Waals surface area contributed by atoms with Crippen molar-refractivity contribution in [3.8, 4) is 5.75 Å². The molecule has 2 aromatic rings. The second kappa shape index (κ2) is 5.31. The first-order chi connectivity index (χ1) is 8.24. The van der Waals surface area contributed by atoms with Crippen molar-refractivity contribution in [2.75, 3.05) is 0 Å². The number of hydrogen-bond acceptors (Lipinski definition) is 5. The minimum Gasteiger partial charge on any atom is -0.550 e. The molecule has 1 fully saturated rings. The zero-order valence-corrected chi connectivity index (χ0v) is 10.8. The number of carboxylic acid groups (broad SMARTS) is 1. The molecule has 1 aliphatic rings. The molecule has 1 aromatic heterocycles. The number of thiazole rings is 1. The van der Waals surface area contributed by atoms with Gasteiger partial charge in [0.15, 0.2) is 0 Å². The van der Waals surface area contributed by atoms with Gasteiger partial charge in [-0.25, -0.2) is 4.98 Å². The molecular formula is C12H10LiNO3S. The Kier molecular flexibility index (Phi) is 3.96.